The molecular formula is C14H28N2. The third-order valence-corrected chi connectivity index (χ3v) is 4.79. The molecule has 1 atom stereocenters. The normalized spacial score (nSPS) is 33.9. The molecule has 2 heterocycles. The standard InChI is InChI=1S/C14H28N2/c1-10(2)12(5)16-7-6-15(11(3)4)13-8-14(16)9-13/h10-14H,6-9H2,1-5H3. The molecule has 0 amide bonds. The van der Waals surface area contributed by atoms with Crippen molar-refractivity contribution in [3.8, 4) is 0 Å². The van der Waals surface area contributed by atoms with Gasteiger partial charge in [-0.2, -0.15) is 0 Å². The average Bonchev–Trinajstić information content (AvgIpc) is 2.43. The molecule has 16 heavy (non-hydrogen) atoms. The van der Waals surface area contributed by atoms with E-state index in [2.05, 4.69) is 44.4 Å². The molecule has 2 heteroatoms. The fourth-order valence-corrected chi connectivity index (χ4v) is 3.30. The summed E-state index contributed by atoms with van der Waals surface area (Å²) >= 11 is 0. The van der Waals surface area contributed by atoms with Gasteiger partial charge in [0, 0.05) is 37.3 Å². The van der Waals surface area contributed by atoms with Crippen molar-refractivity contribution in [1.82, 2.24) is 9.80 Å². The Morgan fingerprint density at radius 1 is 0.812 bits per heavy atom. The maximum Gasteiger partial charge on any atom is 0.0128 e. The van der Waals surface area contributed by atoms with Gasteiger partial charge in [0.1, 0.15) is 0 Å². The van der Waals surface area contributed by atoms with E-state index in [0.717, 1.165) is 30.1 Å². The lowest BCUT2D eigenvalue weighted by Gasteiger charge is -2.46. The minimum absolute atomic E-state index is 0.722. The zero-order valence-corrected chi connectivity index (χ0v) is 11.6. The van der Waals surface area contributed by atoms with E-state index < -0.39 is 0 Å². The highest BCUT2D eigenvalue weighted by Crippen LogP contribution is 2.36. The van der Waals surface area contributed by atoms with Crippen LogP contribution in [0.5, 0.6) is 0 Å². The van der Waals surface area contributed by atoms with Gasteiger partial charge in [0.15, 0.2) is 0 Å². The lowest BCUT2D eigenvalue weighted by Crippen LogP contribution is -2.52. The Kier molecular flexibility index (Phi) is 3.60. The Morgan fingerprint density at radius 3 is 1.81 bits per heavy atom. The zero-order valence-electron chi connectivity index (χ0n) is 11.6. The number of hydrogen-bond donors (Lipinski definition) is 0. The summed E-state index contributed by atoms with van der Waals surface area (Å²) in [5.41, 5.74) is 0. The summed E-state index contributed by atoms with van der Waals surface area (Å²) in [6, 6.07) is 3.24. The highest BCUT2D eigenvalue weighted by atomic mass is 15.3. The second-order valence-corrected chi connectivity index (χ2v) is 6.33. The highest BCUT2D eigenvalue weighted by Gasteiger charge is 2.42. The van der Waals surface area contributed by atoms with E-state index in [0.29, 0.717) is 0 Å². The van der Waals surface area contributed by atoms with Crippen molar-refractivity contribution in [2.24, 2.45) is 5.92 Å². The van der Waals surface area contributed by atoms with Gasteiger partial charge in [-0.1, -0.05) is 13.8 Å². The first kappa shape index (κ1) is 12.4. The van der Waals surface area contributed by atoms with Crippen LogP contribution in [-0.4, -0.2) is 47.1 Å². The Hall–Kier alpha value is -0.0800. The van der Waals surface area contributed by atoms with Crippen LogP contribution in [0.4, 0.5) is 0 Å². The summed E-state index contributed by atoms with van der Waals surface area (Å²) in [6.07, 6.45) is 2.82. The molecule has 0 N–H and O–H groups in total. The molecule has 3 rings (SSSR count). The quantitative estimate of drug-likeness (QED) is 0.727. The van der Waals surface area contributed by atoms with Gasteiger partial charge in [-0.05, 0) is 39.5 Å². The Morgan fingerprint density at radius 2 is 1.31 bits per heavy atom. The second-order valence-electron chi connectivity index (χ2n) is 6.33. The maximum atomic E-state index is 2.77. The molecule has 2 nitrogen and oxygen atoms in total. The van der Waals surface area contributed by atoms with Crippen molar-refractivity contribution in [2.75, 3.05) is 13.1 Å². The summed E-state index contributed by atoms with van der Waals surface area (Å²) < 4.78 is 0. The average molecular weight is 224 g/mol. The van der Waals surface area contributed by atoms with Gasteiger partial charge < -0.3 is 0 Å². The zero-order chi connectivity index (χ0) is 11.9. The van der Waals surface area contributed by atoms with Gasteiger partial charge in [-0.15, -0.1) is 0 Å². The van der Waals surface area contributed by atoms with E-state index in [-0.39, 0.29) is 0 Å². The summed E-state index contributed by atoms with van der Waals surface area (Å²) in [5.74, 6) is 0.782. The molecule has 1 saturated carbocycles. The van der Waals surface area contributed by atoms with E-state index in [1.54, 1.807) is 0 Å². The van der Waals surface area contributed by atoms with Crippen molar-refractivity contribution >= 4 is 0 Å². The maximum absolute atomic E-state index is 2.77. The topological polar surface area (TPSA) is 6.48 Å². The second kappa shape index (κ2) is 4.66. The Balaban J connectivity index is 2.00. The fourth-order valence-electron chi connectivity index (χ4n) is 3.30. The van der Waals surface area contributed by atoms with Crippen LogP contribution < -0.4 is 0 Å². The van der Waals surface area contributed by atoms with Crippen LogP contribution in [0.25, 0.3) is 0 Å². The summed E-state index contributed by atoms with van der Waals surface area (Å²) in [4.78, 5) is 5.48. The minimum atomic E-state index is 0.722. The molecule has 1 aliphatic carbocycles. The smallest absolute Gasteiger partial charge is 0.0128 e. The first-order valence-corrected chi connectivity index (χ1v) is 7.02. The van der Waals surface area contributed by atoms with Crippen LogP contribution in [0.15, 0.2) is 0 Å². The van der Waals surface area contributed by atoms with Gasteiger partial charge in [-0.3, -0.25) is 9.80 Å². The number of fused-ring (bicyclic) bond motifs is 3. The van der Waals surface area contributed by atoms with E-state index in [9.17, 15) is 0 Å². The van der Waals surface area contributed by atoms with Gasteiger partial charge in [-0.25, -0.2) is 0 Å². The first-order valence-electron chi connectivity index (χ1n) is 7.02. The van der Waals surface area contributed by atoms with Crippen molar-refractivity contribution in [1.29, 1.82) is 0 Å². The predicted molar refractivity (Wildman–Crippen MR) is 69.7 cm³/mol. The molecule has 2 aliphatic heterocycles. The molecular weight excluding hydrogens is 196 g/mol. The SMILES string of the molecule is CC(C)C(C)N1CCN(C(C)C)C2CC1C2. The molecule has 2 bridgehead atoms. The van der Waals surface area contributed by atoms with Crippen molar-refractivity contribution in [3.63, 3.8) is 0 Å². The highest BCUT2D eigenvalue weighted by molar-refractivity contribution is 4.99. The summed E-state index contributed by atoms with van der Waals surface area (Å²) in [5, 5.41) is 0. The van der Waals surface area contributed by atoms with Crippen LogP contribution in [0.2, 0.25) is 0 Å². The molecule has 1 unspecified atom stereocenters. The largest absolute Gasteiger partial charge is 0.297 e. The monoisotopic (exact) mass is 224 g/mol. The van der Waals surface area contributed by atoms with Gasteiger partial charge in [0.05, 0.1) is 0 Å². The van der Waals surface area contributed by atoms with Gasteiger partial charge in [0.2, 0.25) is 0 Å². The van der Waals surface area contributed by atoms with Gasteiger partial charge in [0.25, 0.3) is 0 Å². The molecule has 0 spiro atoms. The minimum Gasteiger partial charge on any atom is -0.297 e. The molecule has 0 aromatic rings. The van der Waals surface area contributed by atoms with Crippen LogP contribution in [0.1, 0.15) is 47.5 Å². The van der Waals surface area contributed by atoms with E-state index in [4.69, 9.17) is 0 Å². The van der Waals surface area contributed by atoms with E-state index >= 15 is 0 Å². The van der Waals surface area contributed by atoms with Crippen LogP contribution in [0, 0.1) is 5.92 Å². The molecule has 3 aliphatic rings. The molecule has 0 aromatic carbocycles. The number of nitrogens with zero attached hydrogens (tertiary/aromatic N) is 2. The van der Waals surface area contributed by atoms with E-state index in [1.807, 2.05) is 0 Å². The molecule has 94 valence electrons. The summed E-state index contributed by atoms with van der Waals surface area (Å²) in [6.45, 7) is 14.3. The predicted octanol–water partition coefficient (Wildman–Crippen LogP) is 2.59. The van der Waals surface area contributed by atoms with E-state index in [1.165, 1.54) is 25.9 Å². The number of rotatable bonds is 3. The fraction of sp³-hybridized carbons (Fsp3) is 1.00. The van der Waals surface area contributed by atoms with Crippen molar-refractivity contribution in [3.05, 3.63) is 0 Å². The van der Waals surface area contributed by atoms with Gasteiger partial charge >= 0.3 is 0 Å². The Bertz CT molecular complexity index is 231. The lowest BCUT2D eigenvalue weighted by molar-refractivity contribution is 0.0475. The first-order chi connectivity index (χ1) is 7.50. The van der Waals surface area contributed by atoms with Crippen molar-refractivity contribution in [2.45, 2.75) is 71.6 Å². The molecule has 3 fully saturated rings. The van der Waals surface area contributed by atoms with Crippen molar-refractivity contribution < 1.29 is 0 Å². The van der Waals surface area contributed by atoms with Crippen LogP contribution in [-0.2, 0) is 0 Å². The number of hydrogen-bond acceptors (Lipinski definition) is 2. The molecule has 0 aromatic heterocycles. The molecule has 2 saturated heterocycles. The Labute approximate surface area is 101 Å². The molecule has 0 radical (unpaired) electrons. The third kappa shape index (κ3) is 2.14. The van der Waals surface area contributed by atoms with Crippen LogP contribution >= 0.6 is 0 Å². The third-order valence-electron chi connectivity index (χ3n) is 4.79. The van der Waals surface area contributed by atoms with Crippen LogP contribution in [0.3, 0.4) is 0 Å². The summed E-state index contributed by atoms with van der Waals surface area (Å²) in [7, 11) is 0. The lowest BCUT2D eigenvalue weighted by atomic mass is 9.83.